The van der Waals surface area contributed by atoms with Crippen molar-refractivity contribution in [3.05, 3.63) is 46.0 Å². The topological polar surface area (TPSA) is 64.9 Å². The van der Waals surface area contributed by atoms with E-state index in [4.69, 9.17) is 10.3 Å². The highest BCUT2D eigenvalue weighted by Crippen LogP contribution is 2.16. The Hall–Kier alpha value is -1.20. The predicted octanol–water partition coefficient (Wildman–Crippen LogP) is 2.62. The molecule has 0 aliphatic rings. The minimum Gasteiger partial charge on any atom is -0.337 e. The first-order valence-corrected chi connectivity index (χ1v) is 6.11. The summed E-state index contributed by atoms with van der Waals surface area (Å²) in [5.74, 6) is 1.12. The SMILES string of the molecule is CC(C)(N)c1nc(Cc2ccc(Br)cc2)no1. The third-order valence-corrected chi connectivity index (χ3v) is 2.82. The maximum atomic E-state index is 5.88. The lowest BCUT2D eigenvalue weighted by atomic mass is 10.1. The molecule has 5 heteroatoms. The second kappa shape index (κ2) is 4.58. The van der Waals surface area contributed by atoms with Crippen LogP contribution in [0.2, 0.25) is 0 Å². The molecule has 0 fully saturated rings. The lowest BCUT2D eigenvalue weighted by molar-refractivity contribution is 0.310. The van der Waals surface area contributed by atoms with Gasteiger partial charge in [0.15, 0.2) is 5.82 Å². The van der Waals surface area contributed by atoms with E-state index in [9.17, 15) is 0 Å². The van der Waals surface area contributed by atoms with Crippen LogP contribution in [-0.2, 0) is 12.0 Å². The summed E-state index contributed by atoms with van der Waals surface area (Å²) in [6.45, 7) is 3.67. The van der Waals surface area contributed by atoms with Crippen LogP contribution in [-0.4, -0.2) is 10.1 Å². The van der Waals surface area contributed by atoms with Crippen LogP contribution in [0.25, 0.3) is 0 Å². The Bertz CT molecular complexity index is 499. The summed E-state index contributed by atoms with van der Waals surface area (Å²) in [6, 6.07) is 8.02. The highest BCUT2D eigenvalue weighted by molar-refractivity contribution is 9.10. The molecular weight excluding hydrogens is 282 g/mol. The Morgan fingerprint density at radius 1 is 1.29 bits per heavy atom. The van der Waals surface area contributed by atoms with Crippen molar-refractivity contribution >= 4 is 15.9 Å². The van der Waals surface area contributed by atoms with Gasteiger partial charge in [0.25, 0.3) is 0 Å². The fourth-order valence-electron chi connectivity index (χ4n) is 1.37. The number of benzene rings is 1. The van der Waals surface area contributed by atoms with Crippen molar-refractivity contribution in [2.24, 2.45) is 5.73 Å². The molecule has 0 atom stereocenters. The average molecular weight is 296 g/mol. The molecule has 17 heavy (non-hydrogen) atoms. The number of nitrogens with two attached hydrogens (primary N) is 1. The van der Waals surface area contributed by atoms with E-state index in [1.165, 1.54) is 0 Å². The molecule has 0 bridgehead atoms. The molecule has 0 spiro atoms. The van der Waals surface area contributed by atoms with Gasteiger partial charge in [0, 0.05) is 10.9 Å². The van der Waals surface area contributed by atoms with Crippen LogP contribution in [0.1, 0.15) is 31.1 Å². The number of hydrogen-bond donors (Lipinski definition) is 1. The van der Waals surface area contributed by atoms with Gasteiger partial charge in [-0.25, -0.2) is 0 Å². The second-order valence-corrected chi connectivity index (χ2v) is 5.46. The summed E-state index contributed by atoms with van der Waals surface area (Å²) in [7, 11) is 0. The quantitative estimate of drug-likeness (QED) is 0.945. The molecule has 90 valence electrons. The van der Waals surface area contributed by atoms with E-state index in [2.05, 4.69) is 26.1 Å². The van der Waals surface area contributed by atoms with Crippen LogP contribution in [0, 0.1) is 0 Å². The normalized spacial score (nSPS) is 11.8. The summed E-state index contributed by atoms with van der Waals surface area (Å²) in [4.78, 5) is 4.28. The van der Waals surface area contributed by atoms with Gasteiger partial charge in [-0.15, -0.1) is 0 Å². The zero-order chi connectivity index (χ0) is 12.5. The molecule has 0 amide bonds. The van der Waals surface area contributed by atoms with E-state index in [-0.39, 0.29) is 0 Å². The highest BCUT2D eigenvalue weighted by Gasteiger charge is 2.22. The van der Waals surface area contributed by atoms with Gasteiger partial charge in [-0.3, -0.25) is 0 Å². The molecule has 1 aromatic heterocycles. The van der Waals surface area contributed by atoms with Crippen molar-refractivity contribution in [2.45, 2.75) is 25.8 Å². The molecule has 2 rings (SSSR count). The molecule has 2 N–H and O–H groups in total. The maximum Gasteiger partial charge on any atom is 0.246 e. The van der Waals surface area contributed by atoms with Crippen LogP contribution in [0.3, 0.4) is 0 Å². The van der Waals surface area contributed by atoms with Crippen molar-refractivity contribution < 1.29 is 4.52 Å². The predicted molar refractivity (Wildman–Crippen MR) is 68.5 cm³/mol. The molecule has 2 aromatic rings. The standard InChI is InChI=1S/C12H14BrN3O/c1-12(2,14)11-15-10(16-17-11)7-8-3-5-9(13)6-4-8/h3-6H,7,14H2,1-2H3. The summed E-state index contributed by atoms with van der Waals surface area (Å²) in [5.41, 5.74) is 6.42. The minimum atomic E-state index is -0.592. The molecule has 1 aromatic carbocycles. The van der Waals surface area contributed by atoms with Crippen LogP contribution >= 0.6 is 15.9 Å². The van der Waals surface area contributed by atoms with Crippen molar-refractivity contribution in [1.82, 2.24) is 10.1 Å². The Balaban J connectivity index is 2.14. The second-order valence-electron chi connectivity index (χ2n) is 4.54. The Labute approximate surface area is 108 Å². The number of nitrogens with zero attached hydrogens (tertiary/aromatic N) is 2. The average Bonchev–Trinajstić information content (AvgIpc) is 2.69. The van der Waals surface area contributed by atoms with Gasteiger partial charge in [-0.05, 0) is 31.5 Å². The summed E-state index contributed by atoms with van der Waals surface area (Å²) in [6.07, 6.45) is 0.646. The first-order chi connectivity index (χ1) is 7.95. The van der Waals surface area contributed by atoms with Crippen molar-refractivity contribution in [2.75, 3.05) is 0 Å². The van der Waals surface area contributed by atoms with E-state index in [0.717, 1.165) is 10.0 Å². The Morgan fingerprint density at radius 3 is 2.47 bits per heavy atom. The van der Waals surface area contributed by atoms with Gasteiger partial charge in [0.1, 0.15) is 0 Å². The summed E-state index contributed by atoms with van der Waals surface area (Å²) < 4.78 is 6.18. The molecule has 0 radical (unpaired) electrons. The zero-order valence-corrected chi connectivity index (χ0v) is 11.4. The Kier molecular flexibility index (Phi) is 3.31. The lowest BCUT2D eigenvalue weighted by Crippen LogP contribution is -2.29. The van der Waals surface area contributed by atoms with E-state index in [0.29, 0.717) is 18.1 Å². The molecular formula is C12H14BrN3O. The van der Waals surface area contributed by atoms with Crippen molar-refractivity contribution in [3.8, 4) is 0 Å². The third kappa shape index (κ3) is 3.14. The number of hydrogen-bond acceptors (Lipinski definition) is 4. The van der Waals surface area contributed by atoms with Crippen molar-refractivity contribution in [3.63, 3.8) is 0 Å². The monoisotopic (exact) mass is 295 g/mol. The molecule has 0 saturated carbocycles. The minimum absolute atomic E-state index is 0.463. The van der Waals surface area contributed by atoms with Gasteiger partial charge < -0.3 is 10.3 Å². The fourth-order valence-corrected chi connectivity index (χ4v) is 1.64. The molecule has 1 heterocycles. The molecule has 0 saturated heterocycles. The van der Waals surface area contributed by atoms with Crippen LogP contribution in [0.15, 0.2) is 33.3 Å². The van der Waals surface area contributed by atoms with E-state index < -0.39 is 5.54 Å². The number of halogens is 1. The maximum absolute atomic E-state index is 5.88. The fraction of sp³-hybridized carbons (Fsp3) is 0.333. The van der Waals surface area contributed by atoms with Gasteiger partial charge in [0.05, 0.1) is 5.54 Å². The number of aromatic nitrogens is 2. The largest absolute Gasteiger partial charge is 0.337 e. The third-order valence-electron chi connectivity index (χ3n) is 2.29. The smallest absolute Gasteiger partial charge is 0.246 e. The zero-order valence-electron chi connectivity index (χ0n) is 9.77. The van der Waals surface area contributed by atoms with Gasteiger partial charge in [-0.2, -0.15) is 4.98 Å². The first-order valence-electron chi connectivity index (χ1n) is 5.31. The lowest BCUT2D eigenvalue weighted by Gasteiger charge is -2.10. The molecule has 0 unspecified atom stereocenters. The van der Waals surface area contributed by atoms with Gasteiger partial charge in [-0.1, -0.05) is 33.2 Å². The van der Waals surface area contributed by atoms with Crippen LogP contribution in [0.4, 0.5) is 0 Å². The molecule has 0 aliphatic heterocycles. The molecule has 4 nitrogen and oxygen atoms in total. The Morgan fingerprint density at radius 2 is 1.94 bits per heavy atom. The van der Waals surface area contributed by atoms with E-state index in [1.54, 1.807) is 0 Å². The van der Waals surface area contributed by atoms with Crippen LogP contribution < -0.4 is 5.73 Å². The summed E-state index contributed by atoms with van der Waals surface area (Å²) >= 11 is 3.39. The van der Waals surface area contributed by atoms with E-state index >= 15 is 0 Å². The first kappa shape index (κ1) is 12.3. The molecule has 0 aliphatic carbocycles. The highest BCUT2D eigenvalue weighted by atomic mass is 79.9. The summed E-state index contributed by atoms with van der Waals surface area (Å²) in [5, 5.41) is 3.92. The number of rotatable bonds is 3. The van der Waals surface area contributed by atoms with Gasteiger partial charge in [0.2, 0.25) is 5.89 Å². The van der Waals surface area contributed by atoms with Crippen LogP contribution in [0.5, 0.6) is 0 Å². The van der Waals surface area contributed by atoms with E-state index in [1.807, 2.05) is 38.1 Å². The van der Waals surface area contributed by atoms with Crippen molar-refractivity contribution in [1.29, 1.82) is 0 Å². The van der Waals surface area contributed by atoms with Gasteiger partial charge >= 0.3 is 0 Å².